The van der Waals surface area contributed by atoms with Crippen molar-refractivity contribution in [3.63, 3.8) is 0 Å². The molecule has 0 saturated heterocycles. The molecule has 0 radical (unpaired) electrons. The monoisotopic (exact) mass is 257 g/mol. The van der Waals surface area contributed by atoms with Crippen molar-refractivity contribution < 1.29 is 0 Å². The standard InChI is InChI=1S/C13H24ClN3/c1-4-5-8-16(10-7-14)11-13-6-9-17(15-13)12(2)3/h6,9,12H,4-5,7-8,10-11H2,1-3H3. The first-order valence-corrected chi connectivity index (χ1v) is 7.03. The second kappa shape index (κ2) is 7.72. The normalized spacial score (nSPS) is 11.6. The third-order valence-corrected chi connectivity index (χ3v) is 2.98. The molecule has 0 bridgehead atoms. The highest BCUT2D eigenvalue weighted by Gasteiger charge is 2.08. The third-order valence-electron chi connectivity index (χ3n) is 2.81. The number of hydrogen-bond acceptors (Lipinski definition) is 2. The van der Waals surface area contributed by atoms with E-state index in [-0.39, 0.29) is 0 Å². The summed E-state index contributed by atoms with van der Waals surface area (Å²) in [7, 11) is 0. The molecule has 0 unspecified atom stereocenters. The Bertz CT molecular complexity index is 309. The molecule has 0 saturated carbocycles. The highest BCUT2D eigenvalue weighted by Crippen LogP contribution is 2.08. The summed E-state index contributed by atoms with van der Waals surface area (Å²) in [5.74, 6) is 0.689. The SMILES string of the molecule is CCCCN(CCCl)Cc1ccn(C(C)C)n1. The minimum absolute atomic E-state index is 0.431. The first-order chi connectivity index (χ1) is 8.17. The molecular formula is C13H24ClN3. The van der Waals surface area contributed by atoms with Crippen LogP contribution < -0.4 is 0 Å². The molecule has 0 aromatic carbocycles. The molecule has 0 aliphatic rings. The van der Waals surface area contributed by atoms with E-state index in [1.807, 2.05) is 4.68 Å². The quantitative estimate of drug-likeness (QED) is 0.667. The molecule has 0 amide bonds. The van der Waals surface area contributed by atoms with Gasteiger partial charge in [0.25, 0.3) is 0 Å². The van der Waals surface area contributed by atoms with Gasteiger partial charge in [-0.2, -0.15) is 5.10 Å². The van der Waals surface area contributed by atoms with Crippen molar-refractivity contribution in [1.82, 2.24) is 14.7 Å². The summed E-state index contributed by atoms with van der Waals surface area (Å²) in [6.45, 7) is 9.46. The summed E-state index contributed by atoms with van der Waals surface area (Å²) < 4.78 is 2.01. The Labute approximate surface area is 110 Å². The number of halogens is 1. The number of nitrogens with zero attached hydrogens (tertiary/aromatic N) is 3. The van der Waals surface area contributed by atoms with Gasteiger partial charge in [0.05, 0.1) is 5.69 Å². The van der Waals surface area contributed by atoms with Gasteiger partial charge in [-0.3, -0.25) is 9.58 Å². The van der Waals surface area contributed by atoms with Crippen molar-refractivity contribution in [2.45, 2.75) is 46.2 Å². The zero-order valence-electron chi connectivity index (χ0n) is 11.2. The lowest BCUT2D eigenvalue weighted by molar-refractivity contribution is 0.272. The molecule has 0 aliphatic carbocycles. The average Bonchev–Trinajstić information content (AvgIpc) is 2.75. The van der Waals surface area contributed by atoms with Crippen LogP contribution in [-0.4, -0.2) is 33.6 Å². The van der Waals surface area contributed by atoms with E-state index in [9.17, 15) is 0 Å². The molecule has 0 N–H and O–H groups in total. The molecule has 1 heterocycles. The minimum atomic E-state index is 0.431. The largest absolute Gasteiger partial charge is 0.296 e. The van der Waals surface area contributed by atoms with Crippen LogP contribution in [-0.2, 0) is 6.54 Å². The summed E-state index contributed by atoms with van der Waals surface area (Å²) in [6.07, 6.45) is 4.50. The van der Waals surface area contributed by atoms with Crippen molar-refractivity contribution in [3.05, 3.63) is 18.0 Å². The predicted octanol–water partition coefficient (Wildman–Crippen LogP) is 3.30. The van der Waals surface area contributed by atoms with E-state index < -0.39 is 0 Å². The molecule has 3 nitrogen and oxygen atoms in total. The number of rotatable bonds is 8. The van der Waals surface area contributed by atoms with Gasteiger partial charge in [0.2, 0.25) is 0 Å². The van der Waals surface area contributed by atoms with Crippen LogP contribution in [0.4, 0.5) is 0 Å². The van der Waals surface area contributed by atoms with Crippen LogP contribution in [0.5, 0.6) is 0 Å². The third kappa shape index (κ3) is 5.09. The molecule has 1 rings (SSSR count). The van der Waals surface area contributed by atoms with Gasteiger partial charge in [0.1, 0.15) is 0 Å². The van der Waals surface area contributed by atoms with Crippen molar-refractivity contribution in [2.75, 3.05) is 19.0 Å². The van der Waals surface area contributed by atoms with Gasteiger partial charge in [0.15, 0.2) is 0 Å². The lowest BCUT2D eigenvalue weighted by Gasteiger charge is -2.19. The predicted molar refractivity (Wildman–Crippen MR) is 73.5 cm³/mol. The molecule has 0 fully saturated rings. The Balaban J connectivity index is 2.52. The number of hydrogen-bond donors (Lipinski definition) is 0. The Hall–Kier alpha value is -0.540. The molecule has 0 atom stereocenters. The number of aromatic nitrogens is 2. The van der Waals surface area contributed by atoms with Crippen LogP contribution in [0.2, 0.25) is 0 Å². The van der Waals surface area contributed by atoms with Gasteiger partial charge in [-0.25, -0.2) is 0 Å². The summed E-state index contributed by atoms with van der Waals surface area (Å²) in [6, 6.07) is 2.54. The fourth-order valence-corrected chi connectivity index (χ4v) is 1.99. The van der Waals surface area contributed by atoms with Gasteiger partial charge in [-0.05, 0) is 32.9 Å². The molecular weight excluding hydrogens is 234 g/mol. The number of unbranched alkanes of at least 4 members (excludes halogenated alkanes) is 1. The molecule has 4 heteroatoms. The van der Waals surface area contributed by atoms with Crippen molar-refractivity contribution in [3.8, 4) is 0 Å². The van der Waals surface area contributed by atoms with Crippen molar-refractivity contribution >= 4 is 11.6 Å². The van der Waals surface area contributed by atoms with Crippen LogP contribution in [0.15, 0.2) is 12.3 Å². The van der Waals surface area contributed by atoms with E-state index in [0.717, 1.165) is 25.3 Å². The summed E-state index contributed by atoms with van der Waals surface area (Å²) in [4.78, 5) is 2.38. The lowest BCUT2D eigenvalue weighted by atomic mass is 10.3. The van der Waals surface area contributed by atoms with Crippen LogP contribution in [0.3, 0.4) is 0 Å². The topological polar surface area (TPSA) is 21.1 Å². The maximum absolute atomic E-state index is 5.83. The van der Waals surface area contributed by atoms with E-state index in [1.165, 1.54) is 12.8 Å². The molecule has 0 spiro atoms. The maximum atomic E-state index is 5.83. The van der Waals surface area contributed by atoms with Crippen LogP contribution in [0.25, 0.3) is 0 Å². The zero-order chi connectivity index (χ0) is 12.7. The second-order valence-electron chi connectivity index (χ2n) is 4.70. The van der Waals surface area contributed by atoms with E-state index in [2.05, 4.69) is 43.0 Å². The Kier molecular flexibility index (Phi) is 6.60. The van der Waals surface area contributed by atoms with E-state index in [0.29, 0.717) is 11.9 Å². The van der Waals surface area contributed by atoms with Crippen LogP contribution in [0, 0.1) is 0 Å². The molecule has 98 valence electrons. The Morgan fingerprint density at radius 1 is 1.41 bits per heavy atom. The molecule has 1 aromatic heterocycles. The highest BCUT2D eigenvalue weighted by molar-refractivity contribution is 6.18. The Morgan fingerprint density at radius 2 is 2.18 bits per heavy atom. The van der Waals surface area contributed by atoms with Crippen molar-refractivity contribution in [2.24, 2.45) is 0 Å². The van der Waals surface area contributed by atoms with Gasteiger partial charge >= 0.3 is 0 Å². The van der Waals surface area contributed by atoms with Gasteiger partial charge in [0, 0.05) is 31.2 Å². The fourth-order valence-electron chi connectivity index (χ4n) is 1.75. The maximum Gasteiger partial charge on any atom is 0.0764 e. The van der Waals surface area contributed by atoms with Crippen molar-refractivity contribution in [1.29, 1.82) is 0 Å². The van der Waals surface area contributed by atoms with Gasteiger partial charge in [-0.1, -0.05) is 13.3 Å². The molecule has 17 heavy (non-hydrogen) atoms. The fraction of sp³-hybridized carbons (Fsp3) is 0.769. The minimum Gasteiger partial charge on any atom is -0.296 e. The first kappa shape index (κ1) is 14.5. The van der Waals surface area contributed by atoms with Crippen LogP contribution >= 0.6 is 11.6 Å². The zero-order valence-corrected chi connectivity index (χ0v) is 12.0. The summed E-state index contributed by atoms with van der Waals surface area (Å²) in [5.41, 5.74) is 1.14. The highest BCUT2D eigenvalue weighted by atomic mass is 35.5. The van der Waals surface area contributed by atoms with E-state index in [4.69, 9.17) is 11.6 Å². The van der Waals surface area contributed by atoms with E-state index >= 15 is 0 Å². The summed E-state index contributed by atoms with van der Waals surface area (Å²) in [5, 5.41) is 4.57. The smallest absolute Gasteiger partial charge is 0.0764 e. The number of alkyl halides is 1. The first-order valence-electron chi connectivity index (χ1n) is 6.49. The van der Waals surface area contributed by atoms with Gasteiger partial charge < -0.3 is 0 Å². The summed E-state index contributed by atoms with van der Waals surface area (Å²) >= 11 is 5.83. The second-order valence-corrected chi connectivity index (χ2v) is 5.08. The van der Waals surface area contributed by atoms with Crippen LogP contribution in [0.1, 0.15) is 45.3 Å². The lowest BCUT2D eigenvalue weighted by Crippen LogP contribution is -2.26. The van der Waals surface area contributed by atoms with E-state index in [1.54, 1.807) is 0 Å². The Morgan fingerprint density at radius 3 is 2.71 bits per heavy atom. The molecule has 1 aromatic rings. The molecule has 0 aliphatic heterocycles. The van der Waals surface area contributed by atoms with Gasteiger partial charge in [-0.15, -0.1) is 11.6 Å². The average molecular weight is 258 g/mol.